The largest absolute Gasteiger partial charge is 0.349 e. The van der Waals surface area contributed by atoms with Crippen LogP contribution in [-0.2, 0) is 6.42 Å². The van der Waals surface area contributed by atoms with Crippen LogP contribution in [0, 0.1) is 13.8 Å². The summed E-state index contributed by atoms with van der Waals surface area (Å²) in [6.07, 6.45) is 2.41. The average molecular weight is 516 g/mol. The molecule has 0 saturated heterocycles. The maximum absolute atomic E-state index is 13.4. The van der Waals surface area contributed by atoms with E-state index in [0.29, 0.717) is 23.5 Å². The predicted molar refractivity (Wildman–Crippen MR) is 144 cm³/mol. The minimum atomic E-state index is -0.333. The van der Waals surface area contributed by atoms with Crippen molar-refractivity contribution >= 4 is 39.4 Å². The molecule has 2 N–H and O–H groups in total. The molecule has 0 aliphatic rings. The lowest BCUT2D eigenvalue weighted by molar-refractivity contribution is 0.0903. The first-order chi connectivity index (χ1) is 17.5. The molecule has 0 bridgehead atoms. The maximum Gasteiger partial charge on any atom is 0.271 e. The number of nitrogens with zero attached hydrogens (tertiary/aromatic N) is 3. The van der Waals surface area contributed by atoms with Gasteiger partial charge in [-0.3, -0.25) is 14.0 Å². The molecule has 9 heteroatoms. The second-order valence-electron chi connectivity index (χ2n) is 8.45. The molecule has 182 valence electrons. The molecule has 7 nitrogen and oxygen atoms in total. The van der Waals surface area contributed by atoms with Crippen molar-refractivity contribution in [3.8, 4) is 10.4 Å². The minimum absolute atomic E-state index is 0.222. The van der Waals surface area contributed by atoms with Gasteiger partial charge in [0.1, 0.15) is 11.4 Å². The van der Waals surface area contributed by atoms with Crippen molar-refractivity contribution in [2.75, 3.05) is 6.54 Å². The monoisotopic (exact) mass is 515 g/mol. The third-order valence-electron chi connectivity index (χ3n) is 5.81. The zero-order valence-electron chi connectivity index (χ0n) is 19.9. The number of hydrogen-bond acceptors (Lipinski definition) is 6. The van der Waals surface area contributed by atoms with Gasteiger partial charge in [-0.05, 0) is 31.4 Å². The maximum atomic E-state index is 13.4. The van der Waals surface area contributed by atoms with Crippen molar-refractivity contribution < 1.29 is 9.59 Å². The Balaban J connectivity index is 1.36. The molecule has 2 amide bonds. The van der Waals surface area contributed by atoms with Crippen molar-refractivity contribution in [3.63, 3.8) is 0 Å². The first-order valence-corrected chi connectivity index (χ1v) is 13.3. The second kappa shape index (κ2) is 10.4. The van der Waals surface area contributed by atoms with E-state index in [1.54, 1.807) is 4.40 Å². The Bertz CT molecular complexity index is 1510. The predicted octanol–water partition coefficient (Wildman–Crippen LogP) is 4.91. The molecule has 2 aromatic carbocycles. The van der Waals surface area contributed by atoms with Crippen molar-refractivity contribution in [3.05, 3.63) is 99.9 Å². The molecule has 0 fully saturated rings. The van der Waals surface area contributed by atoms with Crippen LogP contribution in [0.1, 0.15) is 37.2 Å². The van der Waals surface area contributed by atoms with Crippen LogP contribution in [-0.4, -0.2) is 38.8 Å². The minimum Gasteiger partial charge on any atom is -0.349 e. The number of fused-ring (bicyclic) bond motifs is 1. The molecule has 0 aliphatic heterocycles. The zero-order chi connectivity index (χ0) is 25.1. The summed E-state index contributed by atoms with van der Waals surface area (Å²) in [5.41, 5.74) is 3.61. The van der Waals surface area contributed by atoms with Crippen LogP contribution in [0.25, 0.3) is 15.4 Å². The zero-order valence-corrected chi connectivity index (χ0v) is 21.5. The quantitative estimate of drug-likeness (QED) is 0.307. The third-order valence-corrected chi connectivity index (χ3v) is 7.58. The van der Waals surface area contributed by atoms with E-state index in [9.17, 15) is 9.59 Å². The molecular formula is C27H25N5O2S2. The summed E-state index contributed by atoms with van der Waals surface area (Å²) in [6, 6.07) is 19.4. The summed E-state index contributed by atoms with van der Waals surface area (Å²) in [7, 11) is 0. The second-order valence-corrected chi connectivity index (χ2v) is 10.5. The number of rotatable bonds is 8. The molecular weight excluding hydrogens is 490 g/mol. The van der Waals surface area contributed by atoms with Crippen LogP contribution >= 0.6 is 22.7 Å². The van der Waals surface area contributed by atoms with E-state index in [1.807, 2.05) is 86.1 Å². The van der Waals surface area contributed by atoms with E-state index < -0.39 is 0 Å². The van der Waals surface area contributed by atoms with E-state index in [1.165, 1.54) is 22.7 Å². The third kappa shape index (κ3) is 5.07. The lowest BCUT2D eigenvalue weighted by atomic mass is 10.1. The van der Waals surface area contributed by atoms with Gasteiger partial charge in [0.05, 0.1) is 21.6 Å². The molecule has 0 radical (unpaired) electrons. The molecule has 5 rings (SSSR count). The van der Waals surface area contributed by atoms with Crippen LogP contribution in [0.2, 0.25) is 0 Å². The fourth-order valence-corrected chi connectivity index (χ4v) is 5.84. The Morgan fingerprint density at radius 2 is 1.69 bits per heavy atom. The van der Waals surface area contributed by atoms with Crippen LogP contribution in [0.15, 0.2) is 72.2 Å². The number of benzene rings is 2. The molecule has 3 heterocycles. The number of amides is 2. The van der Waals surface area contributed by atoms with Gasteiger partial charge in [0.15, 0.2) is 4.96 Å². The lowest BCUT2D eigenvalue weighted by Gasteiger charge is -2.19. The summed E-state index contributed by atoms with van der Waals surface area (Å²) in [5, 5.41) is 8.85. The van der Waals surface area contributed by atoms with Gasteiger partial charge in [-0.25, -0.2) is 9.97 Å². The smallest absolute Gasteiger partial charge is 0.271 e. The summed E-state index contributed by atoms with van der Waals surface area (Å²) in [5.74, 6) is -0.477. The number of carbonyl (C=O) groups is 2. The van der Waals surface area contributed by atoms with Crippen LogP contribution in [0.4, 0.5) is 0 Å². The van der Waals surface area contributed by atoms with Gasteiger partial charge in [-0.15, -0.1) is 22.7 Å². The van der Waals surface area contributed by atoms with E-state index in [-0.39, 0.29) is 24.4 Å². The topological polar surface area (TPSA) is 88.4 Å². The van der Waals surface area contributed by atoms with E-state index >= 15 is 0 Å². The number of imidazole rings is 1. The molecule has 0 spiro atoms. The molecule has 0 aliphatic carbocycles. The number of aryl methyl sites for hydroxylation is 2. The summed E-state index contributed by atoms with van der Waals surface area (Å²) in [4.78, 5) is 37.1. The van der Waals surface area contributed by atoms with Crippen molar-refractivity contribution in [1.29, 1.82) is 0 Å². The van der Waals surface area contributed by atoms with Gasteiger partial charge in [0, 0.05) is 18.1 Å². The fraction of sp³-hybridized carbons (Fsp3) is 0.185. The van der Waals surface area contributed by atoms with Gasteiger partial charge in [0.2, 0.25) is 0 Å². The standard InChI is InChI=1S/C27H25N5O2S2/c1-17-23(32-13-14-35-27(32)29-17)26(34)28-16-21(15-19-9-5-3-6-10-19)31-25(33)22-24(36-18(2)30-22)20-11-7-4-8-12-20/h3-14,21H,15-16H2,1-2H3,(H,28,34)(H,31,33). The molecule has 1 unspecified atom stereocenters. The van der Waals surface area contributed by atoms with E-state index in [2.05, 4.69) is 20.6 Å². The van der Waals surface area contributed by atoms with Crippen molar-refractivity contribution in [1.82, 2.24) is 25.0 Å². The number of hydrogen-bond donors (Lipinski definition) is 2. The number of aromatic nitrogens is 3. The Labute approximate surface area is 216 Å². The van der Waals surface area contributed by atoms with Crippen LogP contribution in [0.3, 0.4) is 0 Å². The lowest BCUT2D eigenvalue weighted by Crippen LogP contribution is -2.45. The van der Waals surface area contributed by atoms with Gasteiger partial charge >= 0.3 is 0 Å². The normalized spacial score (nSPS) is 11.9. The average Bonchev–Trinajstić information content (AvgIpc) is 3.57. The van der Waals surface area contributed by atoms with Crippen molar-refractivity contribution in [2.45, 2.75) is 26.3 Å². The van der Waals surface area contributed by atoms with Crippen LogP contribution < -0.4 is 10.6 Å². The Kier molecular flexibility index (Phi) is 6.92. The Morgan fingerprint density at radius 1 is 0.972 bits per heavy atom. The summed E-state index contributed by atoms with van der Waals surface area (Å²) >= 11 is 2.98. The highest BCUT2D eigenvalue weighted by Gasteiger charge is 2.23. The van der Waals surface area contributed by atoms with Gasteiger partial charge in [0.25, 0.3) is 11.8 Å². The molecule has 5 aromatic rings. The van der Waals surface area contributed by atoms with E-state index in [4.69, 9.17) is 0 Å². The molecule has 3 aromatic heterocycles. The highest BCUT2D eigenvalue weighted by Crippen LogP contribution is 2.30. The van der Waals surface area contributed by atoms with E-state index in [0.717, 1.165) is 26.0 Å². The molecule has 36 heavy (non-hydrogen) atoms. The highest BCUT2D eigenvalue weighted by atomic mass is 32.1. The molecule has 1 atom stereocenters. The Morgan fingerprint density at radius 3 is 2.44 bits per heavy atom. The van der Waals surface area contributed by atoms with Gasteiger partial charge in [-0.1, -0.05) is 60.7 Å². The first-order valence-electron chi connectivity index (χ1n) is 11.6. The van der Waals surface area contributed by atoms with Crippen molar-refractivity contribution in [2.24, 2.45) is 0 Å². The Hall–Kier alpha value is -3.82. The van der Waals surface area contributed by atoms with Gasteiger partial charge < -0.3 is 10.6 Å². The molecule has 0 saturated carbocycles. The first kappa shape index (κ1) is 23.9. The SMILES string of the molecule is Cc1nc(C(=O)NC(CNC(=O)c2c(C)nc3sccn23)Cc2ccccc2)c(-c2ccccc2)s1. The van der Waals surface area contributed by atoms with Crippen LogP contribution in [0.5, 0.6) is 0 Å². The fourth-order valence-electron chi connectivity index (χ4n) is 4.16. The number of nitrogens with one attached hydrogen (secondary N) is 2. The highest BCUT2D eigenvalue weighted by molar-refractivity contribution is 7.15. The summed E-state index contributed by atoms with van der Waals surface area (Å²) < 4.78 is 1.80. The van der Waals surface area contributed by atoms with Gasteiger partial charge in [-0.2, -0.15) is 0 Å². The number of thiazole rings is 2. The number of carbonyl (C=O) groups excluding carboxylic acids is 2. The summed E-state index contributed by atoms with van der Waals surface area (Å²) in [6.45, 7) is 3.99.